The third-order valence-electron chi connectivity index (χ3n) is 1.56. The van der Waals surface area contributed by atoms with Gasteiger partial charge in [-0.1, -0.05) is 16.5 Å². The van der Waals surface area contributed by atoms with E-state index in [-0.39, 0.29) is 22.6 Å². The summed E-state index contributed by atoms with van der Waals surface area (Å²) in [7, 11) is 0. The number of nitrogens with zero attached hydrogens (tertiary/aromatic N) is 3. The number of aromatic nitrogens is 3. The summed E-state index contributed by atoms with van der Waals surface area (Å²) in [5.41, 5.74) is 5.98. The Labute approximate surface area is 88.3 Å². The van der Waals surface area contributed by atoms with Crippen LogP contribution >= 0.6 is 11.3 Å². The molecule has 0 fully saturated rings. The second-order valence-corrected chi connectivity index (χ2v) is 3.63. The van der Waals surface area contributed by atoms with Gasteiger partial charge < -0.3 is 15.6 Å². The molecule has 7 nitrogen and oxygen atoms in total. The van der Waals surface area contributed by atoms with Crippen LogP contribution in [0.2, 0.25) is 0 Å². The van der Waals surface area contributed by atoms with Crippen LogP contribution in [0.3, 0.4) is 0 Å². The van der Waals surface area contributed by atoms with E-state index >= 15 is 0 Å². The van der Waals surface area contributed by atoms with Crippen LogP contribution in [0.1, 0.15) is 15.5 Å². The molecule has 0 atom stereocenters. The van der Waals surface area contributed by atoms with E-state index in [2.05, 4.69) is 25.2 Å². The zero-order valence-corrected chi connectivity index (χ0v) is 8.32. The van der Waals surface area contributed by atoms with Gasteiger partial charge in [0.05, 0.1) is 6.54 Å². The molecule has 0 unspecified atom stereocenters. The number of nitrogen functional groups attached to an aromatic ring is 1. The van der Waals surface area contributed by atoms with E-state index in [4.69, 9.17) is 5.73 Å². The summed E-state index contributed by atoms with van der Waals surface area (Å²) in [5.74, 6) is -0.327. The average molecular weight is 225 g/mol. The van der Waals surface area contributed by atoms with Crippen molar-refractivity contribution < 1.29 is 9.32 Å². The Morgan fingerprint density at radius 2 is 2.47 bits per heavy atom. The van der Waals surface area contributed by atoms with Gasteiger partial charge in [0.15, 0.2) is 0 Å². The molecule has 0 aliphatic rings. The van der Waals surface area contributed by atoms with E-state index in [0.29, 0.717) is 5.69 Å². The van der Waals surface area contributed by atoms with Crippen LogP contribution in [-0.2, 0) is 6.54 Å². The number of rotatable bonds is 3. The predicted molar refractivity (Wildman–Crippen MR) is 52.0 cm³/mol. The highest BCUT2D eigenvalue weighted by Crippen LogP contribution is 2.10. The van der Waals surface area contributed by atoms with Crippen molar-refractivity contribution in [3.8, 4) is 0 Å². The second-order valence-electron chi connectivity index (χ2n) is 2.62. The maximum atomic E-state index is 11.4. The van der Waals surface area contributed by atoms with Crippen molar-refractivity contribution in [1.29, 1.82) is 0 Å². The molecule has 78 valence electrons. The first kappa shape index (κ1) is 9.59. The molecular formula is C7H7N5O2S. The Balaban J connectivity index is 1.93. The summed E-state index contributed by atoms with van der Waals surface area (Å²) in [6.07, 6.45) is 1.43. The number of anilines is 1. The molecule has 8 heteroatoms. The molecule has 1 amide bonds. The maximum absolute atomic E-state index is 11.4. The third-order valence-corrected chi connectivity index (χ3v) is 2.31. The first-order valence-electron chi connectivity index (χ1n) is 4.02. The SMILES string of the molecule is Nc1nnc(C(=O)NCc2ccon2)s1. The smallest absolute Gasteiger partial charge is 0.282 e. The summed E-state index contributed by atoms with van der Waals surface area (Å²) in [4.78, 5) is 11.4. The molecule has 0 spiro atoms. The molecule has 2 rings (SSSR count). The molecule has 15 heavy (non-hydrogen) atoms. The number of amides is 1. The van der Waals surface area contributed by atoms with Crippen LogP contribution in [0.5, 0.6) is 0 Å². The maximum Gasteiger partial charge on any atom is 0.282 e. The monoisotopic (exact) mass is 225 g/mol. The standard InChI is InChI=1S/C7H7N5O2S/c8-7-11-10-6(15-7)5(13)9-3-4-1-2-14-12-4/h1-2H,3H2,(H2,8,11)(H,9,13). The lowest BCUT2D eigenvalue weighted by Gasteiger charge is -1.97. The van der Waals surface area contributed by atoms with Crippen molar-refractivity contribution in [2.24, 2.45) is 0 Å². The number of hydrogen-bond donors (Lipinski definition) is 2. The Bertz CT molecular complexity index is 452. The van der Waals surface area contributed by atoms with Crippen molar-refractivity contribution in [1.82, 2.24) is 20.7 Å². The van der Waals surface area contributed by atoms with E-state index in [0.717, 1.165) is 11.3 Å². The zero-order valence-electron chi connectivity index (χ0n) is 7.51. The lowest BCUT2D eigenvalue weighted by Crippen LogP contribution is -2.22. The fourth-order valence-corrected chi connectivity index (χ4v) is 1.43. The second kappa shape index (κ2) is 4.05. The molecule has 0 saturated carbocycles. The quantitative estimate of drug-likeness (QED) is 0.763. The fourth-order valence-electron chi connectivity index (χ4n) is 0.902. The Kier molecular flexibility index (Phi) is 2.59. The van der Waals surface area contributed by atoms with Crippen LogP contribution in [0.15, 0.2) is 16.9 Å². The van der Waals surface area contributed by atoms with Crippen molar-refractivity contribution >= 4 is 22.4 Å². The minimum absolute atomic E-state index is 0.232. The van der Waals surface area contributed by atoms with Gasteiger partial charge in [-0.05, 0) is 0 Å². The highest BCUT2D eigenvalue weighted by atomic mass is 32.1. The van der Waals surface area contributed by atoms with Crippen LogP contribution in [-0.4, -0.2) is 21.3 Å². The Morgan fingerprint density at radius 3 is 3.07 bits per heavy atom. The van der Waals surface area contributed by atoms with E-state index in [1.165, 1.54) is 6.26 Å². The molecule has 2 aromatic rings. The van der Waals surface area contributed by atoms with Crippen molar-refractivity contribution in [3.63, 3.8) is 0 Å². The largest absolute Gasteiger partial charge is 0.374 e. The molecule has 0 aromatic carbocycles. The summed E-state index contributed by atoms with van der Waals surface area (Å²) < 4.78 is 4.61. The van der Waals surface area contributed by atoms with Crippen LogP contribution in [0.4, 0.5) is 5.13 Å². The highest BCUT2D eigenvalue weighted by molar-refractivity contribution is 7.16. The Hall–Kier alpha value is -1.96. The van der Waals surface area contributed by atoms with Gasteiger partial charge in [0, 0.05) is 6.07 Å². The first-order chi connectivity index (χ1) is 7.25. The van der Waals surface area contributed by atoms with Crippen LogP contribution < -0.4 is 11.1 Å². The van der Waals surface area contributed by atoms with Crippen LogP contribution in [0, 0.1) is 0 Å². The Morgan fingerprint density at radius 1 is 1.60 bits per heavy atom. The number of nitrogens with two attached hydrogens (primary N) is 1. The fraction of sp³-hybridized carbons (Fsp3) is 0.143. The first-order valence-corrected chi connectivity index (χ1v) is 4.84. The number of carbonyl (C=O) groups is 1. The van der Waals surface area contributed by atoms with E-state index < -0.39 is 0 Å². The molecule has 0 aliphatic heterocycles. The lowest BCUT2D eigenvalue weighted by molar-refractivity contribution is 0.0949. The number of nitrogens with one attached hydrogen (secondary N) is 1. The van der Waals surface area contributed by atoms with Gasteiger partial charge in [0.1, 0.15) is 12.0 Å². The van der Waals surface area contributed by atoms with Gasteiger partial charge >= 0.3 is 0 Å². The topological polar surface area (TPSA) is 107 Å². The summed E-state index contributed by atoms with van der Waals surface area (Å²) >= 11 is 1.03. The minimum Gasteiger partial charge on any atom is -0.374 e. The van der Waals surface area contributed by atoms with Gasteiger partial charge in [-0.25, -0.2) is 0 Å². The summed E-state index contributed by atoms with van der Waals surface area (Å²) in [6.45, 7) is 0.287. The zero-order chi connectivity index (χ0) is 10.7. The van der Waals surface area contributed by atoms with E-state index in [1.807, 2.05) is 0 Å². The molecular weight excluding hydrogens is 218 g/mol. The summed E-state index contributed by atoms with van der Waals surface area (Å²) in [5, 5.41) is 13.9. The van der Waals surface area contributed by atoms with Gasteiger partial charge in [-0.15, -0.1) is 10.2 Å². The number of carbonyl (C=O) groups excluding carboxylic acids is 1. The molecule has 0 saturated heterocycles. The minimum atomic E-state index is -0.327. The summed E-state index contributed by atoms with van der Waals surface area (Å²) in [6, 6.07) is 1.66. The molecule has 3 N–H and O–H groups in total. The lowest BCUT2D eigenvalue weighted by atomic mass is 10.4. The van der Waals surface area contributed by atoms with Crippen molar-refractivity contribution in [3.05, 3.63) is 23.0 Å². The molecule has 0 radical (unpaired) electrons. The highest BCUT2D eigenvalue weighted by Gasteiger charge is 2.11. The molecule has 2 heterocycles. The predicted octanol–water partition coefficient (Wildman–Crippen LogP) is 0.0383. The normalized spacial score (nSPS) is 10.1. The van der Waals surface area contributed by atoms with Crippen molar-refractivity contribution in [2.75, 3.05) is 5.73 Å². The van der Waals surface area contributed by atoms with E-state index in [9.17, 15) is 4.79 Å². The van der Waals surface area contributed by atoms with Gasteiger partial charge in [0.25, 0.3) is 5.91 Å². The average Bonchev–Trinajstić information content (AvgIpc) is 2.84. The molecule has 2 aromatic heterocycles. The van der Waals surface area contributed by atoms with Gasteiger partial charge in [0.2, 0.25) is 10.1 Å². The third kappa shape index (κ3) is 2.29. The van der Waals surface area contributed by atoms with Gasteiger partial charge in [-0.2, -0.15) is 0 Å². The van der Waals surface area contributed by atoms with E-state index in [1.54, 1.807) is 6.07 Å². The molecule has 0 aliphatic carbocycles. The van der Waals surface area contributed by atoms with Gasteiger partial charge in [-0.3, -0.25) is 4.79 Å². The number of hydrogen-bond acceptors (Lipinski definition) is 7. The van der Waals surface area contributed by atoms with Crippen LogP contribution in [0.25, 0.3) is 0 Å². The molecule has 0 bridgehead atoms. The van der Waals surface area contributed by atoms with Crippen molar-refractivity contribution in [2.45, 2.75) is 6.54 Å².